The van der Waals surface area contributed by atoms with Crippen LogP contribution in [0.3, 0.4) is 0 Å². The summed E-state index contributed by atoms with van der Waals surface area (Å²) in [5.74, 6) is -0.0784. The average molecular weight is 156 g/mol. The van der Waals surface area contributed by atoms with Gasteiger partial charge in [0.1, 0.15) is 0 Å². The monoisotopic (exact) mass is 156 g/mol. The summed E-state index contributed by atoms with van der Waals surface area (Å²) in [5, 5.41) is 2.72. The number of carbonyl (C=O) groups excluding carboxylic acids is 1. The molecule has 0 aromatic heterocycles. The van der Waals surface area contributed by atoms with Crippen LogP contribution in [0.2, 0.25) is 0 Å². The molecular weight excluding hydrogens is 140 g/mol. The van der Waals surface area contributed by atoms with Crippen molar-refractivity contribution in [1.29, 1.82) is 0 Å². The number of hydrogen-bond donors (Lipinski definition) is 1. The van der Waals surface area contributed by atoms with Crippen molar-refractivity contribution in [1.82, 2.24) is 10.2 Å². The third-order valence-electron chi connectivity index (χ3n) is 1.44. The van der Waals surface area contributed by atoms with Gasteiger partial charge in [0.2, 0.25) is 5.91 Å². The maximum Gasteiger partial charge on any atom is 0.247 e. The Morgan fingerprint density at radius 2 is 2.18 bits per heavy atom. The minimum Gasteiger partial charge on any atom is -0.340 e. The average Bonchev–Trinajstić information content (AvgIpc) is 1.99. The molecule has 0 rings (SSSR count). The number of nitrogens with zero attached hydrogens (tertiary/aromatic N) is 1. The van der Waals surface area contributed by atoms with Gasteiger partial charge < -0.3 is 5.32 Å². The van der Waals surface area contributed by atoms with E-state index in [1.165, 1.54) is 0 Å². The Morgan fingerprint density at radius 1 is 1.64 bits per heavy atom. The molecule has 11 heavy (non-hydrogen) atoms. The second kappa shape index (κ2) is 4.91. The molecule has 0 aromatic rings. The molecule has 0 saturated heterocycles. The molecule has 0 fully saturated rings. The fourth-order valence-electron chi connectivity index (χ4n) is 0.469. The van der Waals surface area contributed by atoms with Gasteiger partial charge in [-0.25, -0.2) is 0 Å². The number of rotatable bonds is 4. The molecule has 0 aliphatic heterocycles. The zero-order chi connectivity index (χ0) is 8.85. The van der Waals surface area contributed by atoms with Crippen LogP contribution >= 0.6 is 0 Å². The fraction of sp³-hybridized carbons (Fsp3) is 0.625. The van der Waals surface area contributed by atoms with Crippen LogP contribution in [0, 0.1) is 0 Å². The lowest BCUT2D eigenvalue weighted by molar-refractivity contribution is -0.118. The summed E-state index contributed by atoms with van der Waals surface area (Å²) < 4.78 is 0. The molecule has 3 heteroatoms. The first kappa shape index (κ1) is 10.2. The maximum absolute atomic E-state index is 10.9. The molecule has 0 atom stereocenters. The van der Waals surface area contributed by atoms with E-state index in [9.17, 15) is 4.79 Å². The SMILES string of the molecule is C=C(C)C(=O)NCN(C)CC. The molecule has 0 bridgehead atoms. The highest BCUT2D eigenvalue weighted by molar-refractivity contribution is 5.91. The first-order valence-electron chi connectivity index (χ1n) is 3.70. The van der Waals surface area contributed by atoms with E-state index in [1.54, 1.807) is 6.92 Å². The smallest absolute Gasteiger partial charge is 0.247 e. The third-order valence-corrected chi connectivity index (χ3v) is 1.44. The van der Waals surface area contributed by atoms with Crippen molar-refractivity contribution in [3.05, 3.63) is 12.2 Å². The van der Waals surface area contributed by atoms with Crippen LogP contribution in [0.1, 0.15) is 13.8 Å². The second-order valence-electron chi connectivity index (χ2n) is 2.62. The third kappa shape index (κ3) is 4.56. The van der Waals surface area contributed by atoms with Crippen molar-refractivity contribution in [3.8, 4) is 0 Å². The summed E-state index contributed by atoms with van der Waals surface area (Å²) in [4.78, 5) is 12.9. The van der Waals surface area contributed by atoms with Crippen molar-refractivity contribution < 1.29 is 4.79 Å². The molecule has 64 valence electrons. The largest absolute Gasteiger partial charge is 0.340 e. The highest BCUT2D eigenvalue weighted by atomic mass is 16.1. The van der Waals surface area contributed by atoms with Gasteiger partial charge >= 0.3 is 0 Å². The Kier molecular flexibility index (Phi) is 4.54. The van der Waals surface area contributed by atoms with Crippen LogP contribution in [0.25, 0.3) is 0 Å². The van der Waals surface area contributed by atoms with Gasteiger partial charge in [-0.15, -0.1) is 0 Å². The van der Waals surface area contributed by atoms with Crippen molar-refractivity contribution in [3.63, 3.8) is 0 Å². The van der Waals surface area contributed by atoms with E-state index in [0.717, 1.165) is 6.54 Å². The van der Waals surface area contributed by atoms with E-state index in [-0.39, 0.29) is 5.91 Å². The Morgan fingerprint density at radius 3 is 2.55 bits per heavy atom. The first-order valence-corrected chi connectivity index (χ1v) is 3.70. The molecule has 1 N–H and O–H groups in total. The lowest BCUT2D eigenvalue weighted by Crippen LogP contribution is -2.35. The Balaban J connectivity index is 3.54. The van der Waals surface area contributed by atoms with Crippen molar-refractivity contribution >= 4 is 5.91 Å². The molecule has 0 heterocycles. The van der Waals surface area contributed by atoms with Gasteiger partial charge in [0, 0.05) is 5.57 Å². The van der Waals surface area contributed by atoms with Crippen molar-refractivity contribution in [2.24, 2.45) is 0 Å². The minimum atomic E-state index is -0.0784. The van der Waals surface area contributed by atoms with E-state index in [0.29, 0.717) is 12.2 Å². The van der Waals surface area contributed by atoms with Gasteiger partial charge in [-0.2, -0.15) is 0 Å². The molecular formula is C8H16N2O. The van der Waals surface area contributed by atoms with Gasteiger partial charge in [0.25, 0.3) is 0 Å². The molecule has 0 aliphatic rings. The van der Waals surface area contributed by atoms with Crippen LogP contribution in [0.15, 0.2) is 12.2 Å². The molecule has 0 aliphatic carbocycles. The van der Waals surface area contributed by atoms with Crippen molar-refractivity contribution in [2.75, 3.05) is 20.3 Å². The number of hydrogen-bond acceptors (Lipinski definition) is 2. The normalized spacial score (nSPS) is 9.82. The Hall–Kier alpha value is -0.830. The molecule has 0 saturated carbocycles. The van der Waals surface area contributed by atoms with Crippen LogP contribution in [0.5, 0.6) is 0 Å². The van der Waals surface area contributed by atoms with Gasteiger partial charge in [-0.1, -0.05) is 13.5 Å². The van der Waals surface area contributed by atoms with Crippen LogP contribution in [-0.4, -0.2) is 31.1 Å². The standard InChI is InChI=1S/C8H16N2O/c1-5-10(4)6-9-8(11)7(2)3/h2,5-6H2,1,3-4H3,(H,9,11). The lowest BCUT2D eigenvalue weighted by atomic mass is 10.3. The molecule has 0 radical (unpaired) electrons. The molecule has 0 unspecified atom stereocenters. The topological polar surface area (TPSA) is 32.3 Å². The number of amides is 1. The summed E-state index contributed by atoms with van der Waals surface area (Å²) in [6.45, 7) is 8.77. The van der Waals surface area contributed by atoms with Crippen LogP contribution < -0.4 is 5.32 Å². The van der Waals surface area contributed by atoms with E-state index in [4.69, 9.17) is 0 Å². The summed E-state index contributed by atoms with van der Waals surface area (Å²) in [6.07, 6.45) is 0. The quantitative estimate of drug-likeness (QED) is 0.477. The molecule has 3 nitrogen and oxygen atoms in total. The van der Waals surface area contributed by atoms with Gasteiger partial charge in [0.05, 0.1) is 6.67 Å². The van der Waals surface area contributed by atoms with E-state index >= 15 is 0 Å². The lowest BCUT2D eigenvalue weighted by Gasteiger charge is -2.14. The molecule has 0 spiro atoms. The predicted molar refractivity (Wildman–Crippen MR) is 46.1 cm³/mol. The van der Waals surface area contributed by atoms with Gasteiger partial charge in [-0.3, -0.25) is 9.69 Å². The second-order valence-corrected chi connectivity index (χ2v) is 2.62. The number of nitrogens with one attached hydrogen (secondary N) is 1. The Bertz CT molecular complexity index is 154. The van der Waals surface area contributed by atoms with Crippen molar-refractivity contribution in [2.45, 2.75) is 13.8 Å². The highest BCUT2D eigenvalue weighted by Gasteiger charge is 2.00. The minimum absolute atomic E-state index is 0.0784. The molecule has 1 amide bonds. The van der Waals surface area contributed by atoms with Gasteiger partial charge in [0.15, 0.2) is 0 Å². The number of carbonyl (C=O) groups is 1. The zero-order valence-electron chi connectivity index (χ0n) is 7.48. The maximum atomic E-state index is 10.9. The Labute approximate surface area is 68.1 Å². The van der Waals surface area contributed by atoms with E-state index < -0.39 is 0 Å². The van der Waals surface area contributed by atoms with Gasteiger partial charge in [-0.05, 0) is 20.5 Å². The first-order chi connectivity index (χ1) is 5.07. The fourth-order valence-corrected chi connectivity index (χ4v) is 0.469. The molecule has 0 aromatic carbocycles. The zero-order valence-corrected chi connectivity index (χ0v) is 7.48. The van der Waals surface area contributed by atoms with Crippen LogP contribution in [-0.2, 0) is 4.79 Å². The summed E-state index contributed by atoms with van der Waals surface area (Å²) in [6, 6.07) is 0. The summed E-state index contributed by atoms with van der Waals surface area (Å²) in [5.41, 5.74) is 0.550. The van der Waals surface area contributed by atoms with Crippen LogP contribution in [0.4, 0.5) is 0 Å². The predicted octanol–water partition coefficient (Wildman–Crippen LogP) is 0.588. The summed E-state index contributed by atoms with van der Waals surface area (Å²) >= 11 is 0. The highest BCUT2D eigenvalue weighted by Crippen LogP contribution is 1.85. The van der Waals surface area contributed by atoms with E-state index in [1.807, 2.05) is 18.9 Å². The van der Waals surface area contributed by atoms with E-state index in [2.05, 4.69) is 11.9 Å². The summed E-state index contributed by atoms with van der Waals surface area (Å²) in [7, 11) is 1.94.